The fourth-order valence-corrected chi connectivity index (χ4v) is 2.65. The van der Waals surface area contributed by atoms with Crippen LogP contribution in [0.2, 0.25) is 0 Å². The summed E-state index contributed by atoms with van der Waals surface area (Å²) >= 11 is 0. The predicted molar refractivity (Wildman–Crippen MR) is 70.2 cm³/mol. The third-order valence-electron chi connectivity index (χ3n) is 3.71. The van der Waals surface area contributed by atoms with Gasteiger partial charge in [0.05, 0.1) is 18.8 Å². The minimum atomic E-state index is -0.706. The van der Waals surface area contributed by atoms with Crippen LogP contribution < -0.4 is 9.47 Å². The van der Waals surface area contributed by atoms with Gasteiger partial charge in [-0.05, 0) is 25.0 Å². The summed E-state index contributed by atoms with van der Waals surface area (Å²) in [5, 5.41) is 0. The van der Waals surface area contributed by atoms with Crippen molar-refractivity contribution in [2.24, 2.45) is 0 Å². The third kappa shape index (κ3) is 2.19. The average molecular weight is 264 g/mol. The maximum absolute atomic E-state index is 5.99. The molecule has 0 aromatic heterocycles. The van der Waals surface area contributed by atoms with Crippen molar-refractivity contribution < 1.29 is 18.9 Å². The molecule has 4 heteroatoms. The van der Waals surface area contributed by atoms with Crippen molar-refractivity contribution >= 4 is 0 Å². The van der Waals surface area contributed by atoms with E-state index in [-0.39, 0.29) is 6.79 Å². The maximum atomic E-state index is 5.99. The van der Waals surface area contributed by atoms with Crippen LogP contribution in [0.3, 0.4) is 0 Å². The van der Waals surface area contributed by atoms with E-state index in [9.17, 15) is 0 Å². The second kappa shape index (κ2) is 5.02. The molecule has 1 aromatic rings. The van der Waals surface area contributed by atoms with Crippen LogP contribution in [0.5, 0.6) is 11.5 Å². The van der Waals surface area contributed by atoms with Gasteiger partial charge in [0.1, 0.15) is 0 Å². The summed E-state index contributed by atoms with van der Waals surface area (Å²) in [6, 6.07) is 3.97. The molecule has 0 N–H and O–H groups in total. The van der Waals surface area contributed by atoms with Crippen LogP contribution in [0.25, 0.3) is 0 Å². The first-order chi connectivity index (χ1) is 9.24. The number of rotatable bonds is 5. The van der Waals surface area contributed by atoms with Crippen LogP contribution in [0.1, 0.15) is 44.2 Å². The molecule has 1 atom stereocenters. The molecule has 0 bridgehead atoms. The van der Waals surface area contributed by atoms with Crippen molar-refractivity contribution in [2.45, 2.75) is 45.5 Å². The number of hydrogen-bond acceptors (Lipinski definition) is 4. The van der Waals surface area contributed by atoms with Gasteiger partial charge in [-0.2, -0.15) is 0 Å². The topological polar surface area (TPSA) is 36.9 Å². The van der Waals surface area contributed by atoms with Gasteiger partial charge >= 0.3 is 0 Å². The molecule has 0 amide bonds. The van der Waals surface area contributed by atoms with Crippen LogP contribution in [-0.2, 0) is 21.9 Å². The first kappa shape index (κ1) is 12.8. The van der Waals surface area contributed by atoms with Gasteiger partial charge in [0.15, 0.2) is 17.3 Å². The average Bonchev–Trinajstić information content (AvgIpc) is 3.00. The van der Waals surface area contributed by atoms with Gasteiger partial charge in [-0.15, -0.1) is 0 Å². The Hall–Kier alpha value is -1.26. The van der Waals surface area contributed by atoms with Crippen LogP contribution in [0.15, 0.2) is 12.1 Å². The highest BCUT2D eigenvalue weighted by Crippen LogP contribution is 2.48. The number of unbranched alkanes of at least 4 members (excludes halogenated alkanes) is 2. The summed E-state index contributed by atoms with van der Waals surface area (Å²) < 4.78 is 22.9. The molecule has 2 aliphatic rings. The Balaban J connectivity index is 1.82. The summed E-state index contributed by atoms with van der Waals surface area (Å²) in [6.07, 6.45) is 3.41. The van der Waals surface area contributed by atoms with Crippen molar-refractivity contribution in [3.8, 4) is 11.5 Å². The lowest BCUT2D eigenvalue weighted by molar-refractivity contribution is -0.227. The molecule has 2 heterocycles. The summed E-state index contributed by atoms with van der Waals surface area (Å²) in [6.45, 7) is 5.69. The zero-order valence-corrected chi connectivity index (χ0v) is 11.5. The Labute approximate surface area is 113 Å². The maximum Gasteiger partial charge on any atom is 0.231 e. The molecule has 0 spiro atoms. The number of fused-ring (bicyclic) bond motifs is 3. The third-order valence-corrected chi connectivity index (χ3v) is 3.71. The number of ether oxygens (including phenoxy) is 4. The lowest BCUT2D eigenvalue weighted by Crippen LogP contribution is -2.26. The standard InChI is InChI=1S/C15H20O4/c1-3-4-5-8-18-15(2)13-11(9-19-15)6-7-12-14(13)17-10-16-12/h6-7H,3-5,8-10H2,1-2H3. The lowest BCUT2D eigenvalue weighted by Gasteiger charge is -2.26. The van der Waals surface area contributed by atoms with E-state index >= 15 is 0 Å². The Morgan fingerprint density at radius 2 is 2.16 bits per heavy atom. The fourth-order valence-electron chi connectivity index (χ4n) is 2.65. The van der Waals surface area contributed by atoms with Gasteiger partial charge in [0.25, 0.3) is 0 Å². The zero-order chi connectivity index (χ0) is 13.3. The molecule has 3 rings (SSSR count). The molecular weight excluding hydrogens is 244 g/mol. The van der Waals surface area contributed by atoms with E-state index in [0.717, 1.165) is 29.0 Å². The molecule has 0 fully saturated rings. The molecule has 104 valence electrons. The smallest absolute Gasteiger partial charge is 0.231 e. The molecule has 19 heavy (non-hydrogen) atoms. The minimum Gasteiger partial charge on any atom is -0.454 e. The van der Waals surface area contributed by atoms with Crippen molar-refractivity contribution in [1.82, 2.24) is 0 Å². The number of benzene rings is 1. The second-order valence-electron chi connectivity index (χ2n) is 5.12. The van der Waals surface area contributed by atoms with E-state index in [1.165, 1.54) is 12.8 Å². The first-order valence-electron chi connectivity index (χ1n) is 6.94. The van der Waals surface area contributed by atoms with E-state index in [2.05, 4.69) is 6.92 Å². The number of hydrogen-bond donors (Lipinski definition) is 0. The highest BCUT2D eigenvalue weighted by Gasteiger charge is 2.42. The van der Waals surface area contributed by atoms with Gasteiger partial charge in [-0.3, -0.25) is 0 Å². The summed E-state index contributed by atoms with van der Waals surface area (Å²) in [4.78, 5) is 0. The molecule has 0 aliphatic carbocycles. The summed E-state index contributed by atoms with van der Waals surface area (Å²) in [5.41, 5.74) is 2.13. The Bertz CT molecular complexity index is 471. The Kier molecular flexibility index (Phi) is 3.37. The van der Waals surface area contributed by atoms with E-state index in [4.69, 9.17) is 18.9 Å². The van der Waals surface area contributed by atoms with Gasteiger partial charge in [0, 0.05) is 0 Å². The van der Waals surface area contributed by atoms with E-state index in [1.807, 2.05) is 19.1 Å². The molecule has 2 aliphatic heterocycles. The van der Waals surface area contributed by atoms with E-state index in [1.54, 1.807) is 0 Å². The van der Waals surface area contributed by atoms with Crippen LogP contribution >= 0.6 is 0 Å². The van der Waals surface area contributed by atoms with Gasteiger partial charge in [0.2, 0.25) is 6.79 Å². The van der Waals surface area contributed by atoms with Crippen LogP contribution in [-0.4, -0.2) is 13.4 Å². The van der Waals surface area contributed by atoms with Crippen molar-refractivity contribution in [2.75, 3.05) is 13.4 Å². The van der Waals surface area contributed by atoms with Crippen molar-refractivity contribution in [1.29, 1.82) is 0 Å². The van der Waals surface area contributed by atoms with Crippen LogP contribution in [0, 0.1) is 0 Å². The first-order valence-corrected chi connectivity index (χ1v) is 6.94. The highest BCUT2D eigenvalue weighted by molar-refractivity contribution is 5.55. The normalized spacial score (nSPS) is 23.7. The lowest BCUT2D eigenvalue weighted by atomic mass is 10.0. The van der Waals surface area contributed by atoms with E-state index in [0.29, 0.717) is 13.2 Å². The quantitative estimate of drug-likeness (QED) is 0.764. The van der Waals surface area contributed by atoms with Crippen molar-refractivity contribution in [3.05, 3.63) is 23.3 Å². The van der Waals surface area contributed by atoms with E-state index < -0.39 is 5.79 Å². The zero-order valence-electron chi connectivity index (χ0n) is 11.5. The predicted octanol–water partition coefficient (Wildman–Crippen LogP) is 3.33. The van der Waals surface area contributed by atoms with Crippen molar-refractivity contribution in [3.63, 3.8) is 0 Å². The summed E-state index contributed by atoms with van der Waals surface area (Å²) in [5.74, 6) is 0.864. The summed E-state index contributed by atoms with van der Waals surface area (Å²) in [7, 11) is 0. The monoisotopic (exact) mass is 264 g/mol. The molecule has 4 nitrogen and oxygen atoms in total. The SMILES string of the molecule is CCCCCOC1(C)OCc2ccc3c(c21)OCO3. The molecule has 0 radical (unpaired) electrons. The Morgan fingerprint density at radius 3 is 3.00 bits per heavy atom. The minimum absolute atomic E-state index is 0.275. The van der Waals surface area contributed by atoms with Crippen LogP contribution in [0.4, 0.5) is 0 Å². The van der Waals surface area contributed by atoms with Gasteiger partial charge in [-0.25, -0.2) is 0 Å². The van der Waals surface area contributed by atoms with Gasteiger partial charge < -0.3 is 18.9 Å². The molecule has 0 saturated carbocycles. The largest absolute Gasteiger partial charge is 0.454 e. The van der Waals surface area contributed by atoms with Gasteiger partial charge in [-0.1, -0.05) is 25.8 Å². The molecule has 1 unspecified atom stereocenters. The molecule has 0 saturated heterocycles. The fraction of sp³-hybridized carbons (Fsp3) is 0.600. The highest BCUT2D eigenvalue weighted by atomic mass is 16.7. The Morgan fingerprint density at radius 1 is 1.26 bits per heavy atom. The second-order valence-corrected chi connectivity index (χ2v) is 5.12. The molecular formula is C15H20O4. The molecule has 1 aromatic carbocycles.